The zero-order valence-corrected chi connectivity index (χ0v) is 12.4. The molecule has 5 heteroatoms. The molecule has 0 bridgehead atoms. The number of hydrogen-bond acceptors (Lipinski definition) is 3. The lowest BCUT2D eigenvalue weighted by atomic mass is 9.94. The molecule has 0 spiro atoms. The minimum atomic E-state index is -0.115. The van der Waals surface area contributed by atoms with Crippen LogP contribution in [0.2, 0.25) is 0 Å². The number of benzene rings is 1. The number of hydrogen-bond donors (Lipinski definition) is 3. The monoisotopic (exact) mass is 289 g/mol. The van der Waals surface area contributed by atoms with Crippen molar-refractivity contribution >= 4 is 23.2 Å². The molecule has 1 aliphatic carbocycles. The summed E-state index contributed by atoms with van der Waals surface area (Å²) in [5.41, 5.74) is 7.55. The predicted molar refractivity (Wildman–Crippen MR) is 83.9 cm³/mol. The third kappa shape index (κ3) is 4.56. The van der Waals surface area contributed by atoms with Crippen molar-refractivity contribution in [3.8, 4) is 0 Å². The molecule has 2 amide bonds. The van der Waals surface area contributed by atoms with E-state index in [2.05, 4.69) is 10.6 Å². The molecule has 0 radical (unpaired) electrons. The molecule has 0 saturated heterocycles. The van der Waals surface area contributed by atoms with Gasteiger partial charge < -0.3 is 16.4 Å². The number of carbonyl (C=O) groups excluding carboxylic acids is 2. The second-order valence-electron chi connectivity index (χ2n) is 5.66. The number of amides is 2. The maximum atomic E-state index is 12.3. The van der Waals surface area contributed by atoms with Crippen LogP contribution in [-0.2, 0) is 9.59 Å². The molecule has 1 aromatic rings. The Morgan fingerprint density at radius 3 is 2.19 bits per heavy atom. The number of rotatable bonds is 3. The number of nitrogens with two attached hydrogens (primary N) is 1. The van der Waals surface area contributed by atoms with E-state index in [1.165, 1.54) is 6.92 Å². The molecule has 1 aromatic carbocycles. The molecule has 0 heterocycles. The molecule has 2 unspecified atom stereocenters. The SMILES string of the molecule is CC(=O)Nc1ccc(NC(=O)C2CCCCCC2N)cc1. The summed E-state index contributed by atoms with van der Waals surface area (Å²) in [7, 11) is 0. The fourth-order valence-electron chi connectivity index (χ4n) is 2.74. The third-order valence-corrected chi connectivity index (χ3v) is 3.88. The second kappa shape index (κ2) is 7.22. The van der Waals surface area contributed by atoms with Crippen LogP contribution in [0.3, 0.4) is 0 Å². The lowest BCUT2D eigenvalue weighted by Gasteiger charge is -2.20. The molecule has 1 aliphatic rings. The average molecular weight is 289 g/mol. The summed E-state index contributed by atoms with van der Waals surface area (Å²) in [6.07, 6.45) is 5.10. The summed E-state index contributed by atoms with van der Waals surface area (Å²) >= 11 is 0. The van der Waals surface area contributed by atoms with Gasteiger partial charge in [0.1, 0.15) is 0 Å². The number of anilines is 2. The molecule has 0 aliphatic heterocycles. The van der Waals surface area contributed by atoms with Crippen LogP contribution in [0.25, 0.3) is 0 Å². The van der Waals surface area contributed by atoms with Crippen molar-refractivity contribution in [2.75, 3.05) is 10.6 Å². The van der Waals surface area contributed by atoms with E-state index in [9.17, 15) is 9.59 Å². The molecular formula is C16H23N3O2. The van der Waals surface area contributed by atoms with E-state index in [1.807, 2.05) is 0 Å². The van der Waals surface area contributed by atoms with Gasteiger partial charge in [-0.25, -0.2) is 0 Å². The first-order chi connectivity index (χ1) is 10.1. The smallest absolute Gasteiger partial charge is 0.229 e. The summed E-state index contributed by atoms with van der Waals surface area (Å²) in [4.78, 5) is 23.3. The first-order valence-corrected chi connectivity index (χ1v) is 7.50. The van der Waals surface area contributed by atoms with Crippen LogP contribution < -0.4 is 16.4 Å². The Bertz CT molecular complexity index is 499. The maximum Gasteiger partial charge on any atom is 0.229 e. The van der Waals surface area contributed by atoms with E-state index in [1.54, 1.807) is 24.3 Å². The third-order valence-electron chi connectivity index (χ3n) is 3.88. The Morgan fingerprint density at radius 2 is 1.57 bits per heavy atom. The van der Waals surface area contributed by atoms with Crippen molar-refractivity contribution in [1.29, 1.82) is 0 Å². The van der Waals surface area contributed by atoms with Gasteiger partial charge in [0, 0.05) is 24.3 Å². The minimum absolute atomic E-state index is 0.00308. The van der Waals surface area contributed by atoms with Crippen LogP contribution in [0.5, 0.6) is 0 Å². The van der Waals surface area contributed by atoms with Crippen LogP contribution in [0, 0.1) is 5.92 Å². The van der Waals surface area contributed by atoms with Crippen molar-refractivity contribution < 1.29 is 9.59 Å². The zero-order chi connectivity index (χ0) is 15.2. The summed E-state index contributed by atoms with van der Waals surface area (Å²) in [6, 6.07) is 7.05. The Morgan fingerprint density at radius 1 is 1.00 bits per heavy atom. The quantitative estimate of drug-likeness (QED) is 0.747. The van der Waals surface area contributed by atoms with Crippen molar-refractivity contribution in [2.24, 2.45) is 11.7 Å². The van der Waals surface area contributed by atoms with Gasteiger partial charge in [0.2, 0.25) is 11.8 Å². The summed E-state index contributed by atoms with van der Waals surface area (Å²) in [6.45, 7) is 1.46. The van der Waals surface area contributed by atoms with Gasteiger partial charge in [-0.1, -0.05) is 19.3 Å². The normalized spacial score (nSPS) is 22.2. The highest BCUT2D eigenvalue weighted by Gasteiger charge is 2.26. The van der Waals surface area contributed by atoms with Crippen molar-refractivity contribution in [2.45, 2.75) is 45.1 Å². The first-order valence-electron chi connectivity index (χ1n) is 7.50. The number of carbonyl (C=O) groups is 2. The fourth-order valence-corrected chi connectivity index (χ4v) is 2.74. The largest absolute Gasteiger partial charge is 0.327 e. The molecule has 1 saturated carbocycles. The van der Waals surface area contributed by atoms with E-state index >= 15 is 0 Å². The molecule has 2 rings (SSSR count). The van der Waals surface area contributed by atoms with E-state index in [0.29, 0.717) is 5.69 Å². The van der Waals surface area contributed by atoms with Crippen LogP contribution in [-0.4, -0.2) is 17.9 Å². The standard InChI is InChI=1S/C16H23N3O2/c1-11(20)18-12-7-9-13(10-8-12)19-16(21)14-5-3-2-4-6-15(14)17/h7-10,14-15H,2-6,17H2,1H3,(H,18,20)(H,19,21). The number of nitrogens with one attached hydrogen (secondary N) is 2. The molecule has 21 heavy (non-hydrogen) atoms. The Hall–Kier alpha value is -1.88. The molecule has 0 aromatic heterocycles. The van der Waals surface area contributed by atoms with Gasteiger partial charge in [0.25, 0.3) is 0 Å². The fraction of sp³-hybridized carbons (Fsp3) is 0.500. The average Bonchev–Trinajstić information content (AvgIpc) is 2.65. The Labute approximate surface area is 125 Å². The first kappa shape index (κ1) is 15.5. The van der Waals surface area contributed by atoms with Gasteiger partial charge in [-0.2, -0.15) is 0 Å². The van der Waals surface area contributed by atoms with E-state index < -0.39 is 0 Å². The second-order valence-corrected chi connectivity index (χ2v) is 5.66. The van der Waals surface area contributed by atoms with Crippen LogP contribution in [0.1, 0.15) is 39.0 Å². The van der Waals surface area contributed by atoms with Crippen molar-refractivity contribution in [3.63, 3.8) is 0 Å². The van der Waals surface area contributed by atoms with Crippen LogP contribution in [0.15, 0.2) is 24.3 Å². The Balaban J connectivity index is 1.96. The summed E-state index contributed by atoms with van der Waals surface area (Å²) in [5, 5.41) is 5.61. The molecular weight excluding hydrogens is 266 g/mol. The molecule has 1 fully saturated rings. The van der Waals surface area contributed by atoms with E-state index in [4.69, 9.17) is 5.73 Å². The Kier molecular flexibility index (Phi) is 5.33. The lowest BCUT2D eigenvalue weighted by Crippen LogP contribution is -2.37. The lowest BCUT2D eigenvalue weighted by molar-refractivity contribution is -0.120. The van der Waals surface area contributed by atoms with Gasteiger partial charge in [0.05, 0.1) is 5.92 Å². The van der Waals surface area contributed by atoms with E-state index in [0.717, 1.165) is 37.8 Å². The molecule has 2 atom stereocenters. The zero-order valence-electron chi connectivity index (χ0n) is 12.4. The highest BCUT2D eigenvalue weighted by Crippen LogP contribution is 2.24. The highest BCUT2D eigenvalue weighted by molar-refractivity contribution is 5.94. The minimum Gasteiger partial charge on any atom is -0.327 e. The van der Waals surface area contributed by atoms with Crippen LogP contribution in [0.4, 0.5) is 11.4 Å². The maximum absolute atomic E-state index is 12.3. The highest BCUT2D eigenvalue weighted by atomic mass is 16.2. The van der Waals surface area contributed by atoms with Crippen molar-refractivity contribution in [3.05, 3.63) is 24.3 Å². The summed E-state index contributed by atoms with van der Waals surface area (Å²) in [5.74, 6) is -0.226. The van der Waals surface area contributed by atoms with Gasteiger partial charge in [0.15, 0.2) is 0 Å². The topological polar surface area (TPSA) is 84.2 Å². The van der Waals surface area contributed by atoms with Gasteiger partial charge in [-0.15, -0.1) is 0 Å². The molecule has 4 N–H and O–H groups in total. The molecule has 5 nitrogen and oxygen atoms in total. The van der Waals surface area contributed by atoms with Gasteiger partial charge in [-0.3, -0.25) is 9.59 Å². The van der Waals surface area contributed by atoms with Gasteiger partial charge >= 0.3 is 0 Å². The predicted octanol–water partition coefficient (Wildman–Crippen LogP) is 2.49. The van der Waals surface area contributed by atoms with Crippen molar-refractivity contribution in [1.82, 2.24) is 0 Å². The van der Waals surface area contributed by atoms with Crippen LogP contribution >= 0.6 is 0 Å². The summed E-state index contributed by atoms with van der Waals surface area (Å²) < 4.78 is 0. The van der Waals surface area contributed by atoms with Gasteiger partial charge in [-0.05, 0) is 37.1 Å². The van der Waals surface area contributed by atoms with E-state index in [-0.39, 0.29) is 23.8 Å². The molecule has 114 valence electrons.